The molecular weight excluding hydrogens is 833 g/mol. The van der Waals surface area contributed by atoms with E-state index < -0.39 is 34.9 Å². The van der Waals surface area contributed by atoms with Gasteiger partial charge < -0.3 is 19.5 Å². The molecule has 0 saturated heterocycles. The van der Waals surface area contributed by atoms with Gasteiger partial charge in [-0.15, -0.1) is 22.7 Å². The number of thiocarbonyl (C=S) groups is 1. The zero-order chi connectivity index (χ0) is 41.3. The van der Waals surface area contributed by atoms with Crippen molar-refractivity contribution in [2.75, 3.05) is 10.6 Å². The van der Waals surface area contributed by atoms with E-state index in [0.29, 0.717) is 16.5 Å². The zero-order valence-corrected chi connectivity index (χ0v) is 33.7. The molecule has 0 saturated carbocycles. The van der Waals surface area contributed by atoms with Crippen molar-refractivity contribution in [3.63, 3.8) is 0 Å². The Morgan fingerprint density at radius 2 is 1.08 bits per heavy atom. The first-order valence-electron chi connectivity index (χ1n) is 18.7. The number of amides is 1. The van der Waals surface area contributed by atoms with E-state index in [9.17, 15) is 22.4 Å². The third-order valence-electron chi connectivity index (χ3n) is 10.0. The summed E-state index contributed by atoms with van der Waals surface area (Å²) in [5.41, 5.74) is 7.30. The second kappa shape index (κ2) is 16.7. The van der Waals surface area contributed by atoms with Crippen LogP contribution in [0.2, 0.25) is 0 Å². The number of fused-ring (bicyclic) bond motifs is 6. The van der Waals surface area contributed by atoms with Gasteiger partial charge in [-0.25, -0.2) is 37.5 Å². The summed E-state index contributed by atoms with van der Waals surface area (Å²) in [7, 11) is 0. The van der Waals surface area contributed by atoms with Gasteiger partial charge >= 0.3 is 0 Å². The Hall–Kier alpha value is -6.36. The molecule has 0 unspecified atom stereocenters. The zero-order valence-electron chi connectivity index (χ0n) is 31.2. The van der Waals surface area contributed by atoms with Gasteiger partial charge in [0.05, 0.1) is 33.5 Å². The fourth-order valence-electron chi connectivity index (χ4n) is 7.15. The third-order valence-corrected chi connectivity index (χ3v) is 12.8. The molecule has 1 amide bonds. The summed E-state index contributed by atoms with van der Waals surface area (Å²) in [6.45, 7) is 0. The van der Waals surface area contributed by atoms with Gasteiger partial charge in [-0.3, -0.25) is 4.79 Å². The second-order valence-corrected chi connectivity index (χ2v) is 16.3. The largest absolute Gasteiger partial charge is 0.444 e. The van der Waals surface area contributed by atoms with Crippen LogP contribution in [0.4, 0.5) is 28.9 Å². The number of aryl methyl sites for hydroxylation is 4. The fourth-order valence-corrected chi connectivity index (χ4v) is 9.54. The van der Waals surface area contributed by atoms with Crippen LogP contribution in [0.15, 0.2) is 107 Å². The van der Waals surface area contributed by atoms with Crippen molar-refractivity contribution in [3.8, 4) is 43.5 Å². The number of hydrogen-bond acceptors (Lipinski definition) is 10. The van der Waals surface area contributed by atoms with Crippen LogP contribution in [0.25, 0.3) is 43.5 Å². The van der Waals surface area contributed by atoms with E-state index in [0.717, 1.165) is 99.6 Å². The van der Waals surface area contributed by atoms with E-state index in [2.05, 4.69) is 43.8 Å². The maximum Gasteiger partial charge on any atom is 0.284 e. The molecule has 0 aliphatic heterocycles. The topological polar surface area (TPSA) is 119 Å². The summed E-state index contributed by atoms with van der Waals surface area (Å²) in [6, 6.07) is 19.4. The number of thiazole rings is 2. The molecule has 9 nitrogen and oxygen atoms in total. The summed E-state index contributed by atoms with van der Waals surface area (Å²) < 4.78 is 66.6. The molecule has 2 N–H and O–H groups in total. The van der Waals surface area contributed by atoms with Crippen LogP contribution in [0.3, 0.4) is 0 Å². The first-order valence-corrected chi connectivity index (χ1v) is 20.8. The van der Waals surface area contributed by atoms with Crippen molar-refractivity contribution in [2.45, 2.75) is 38.5 Å². The molecule has 2 aliphatic carbocycles. The maximum absolute atomic E-state index is 14.0. The van der Waals surface area contributed by atoms with Crippen LogP contribution < -0.4 is 10.6 Å². The number of rotatable bonds is 6. The van der Waals surface area contributed by atoms with Gasteiger partial charge in [-0.2, -0.15) is 0 Å². The van der Waals surface area contributed by atoms with Crippen molar-refractivity contribution in [1.29, 1.82) is 0 Å². The van der Waals surface area contributed by atoms with Gasteiger partial charge in [0.2, 0.25) is 0 Å². The van der Waals surface area contributed by atoms with Crippen LogP contribution in [-0.2, 0) is 25.7 Å². The van der Waals surface area contributed by atoms with Gasteiger partial charge in [0.1, 0.15) is 39.6 Å². The highest BCUT2D eigenvalue weighted by molar-refractivity contribution is 7.81. The maximum atomic E-state index is 14.0. The smallest absolute Gasteiger partial charge is 0.284 e. The van der Waals surface area contributed by atoms with E-state index in [4.69, 9.17) is 26.0 Å². The number of carbonyl (C=O) groups excluding carboxylic acids is 1. The highest BCUT2D eigenvalue weighted by atomic mass is 32.1. The minimum atomic E-state index is -0.830. The third kappa shape index (κ3) is 7.88. The number of nitrogens with one attached hydrogen (secondary N) is 2. The summed E-state index contributed by atoms with van der Waals surface area (Å²) in [5, 5.41) is 5.70. The number of para-hydroxylation sites is 2. The molecule has 60 heavy (non-hydrogen) atoms. The van der Waals surface area contributed by atoms with Gasteiger partial charge in [-0.05, 0) is 97.2 Å². The molecule has 10 rings (SSSR count). The standard InChI is InChI=1S/C22H15F2N3O2S.C22H15F2N3OS2/c23-15-4-2-5-16(24)19(15)27-21(28)22-26-17-6-1-3-12-7-8-13(18-10-25-11-29-18)9-14(12)20(17)30-22;23-15-4-2-5-16(24)19(15)27-21(29)22-26-17-6-1-3-12-7-8-13(18-10-25-11-28-18)9-14(12)20(17)30-22/h2,4-5,7-11H,1,3,6H2,(H,27,28);2,4-5,7-11H,1,3,6H2,(H,27,29). The Morgan fingerprint density at radius 1 is 0.617 bits per heavy atom. The Morgan fingerprint density at radius 3 is 1.57 bits per heavy atom. The lowest BCUT2D eigenvalue weighted by Gasteiger charge is -2.08. The van der Waals surface area contributed by atoms with Crippen LogP contribution in [0.5, 0.6) is 0 Å². The predicted octanol–water partition coefficient (Wildman–Crippen LogP) is 11.5. The summed E-state index contributed by atoms with van der Waals surface area (Å²) in [6.07, 6.45) is 11.4. The number of anilines is 2. The van der Waals surface area contributed by atoms with E-state index in [1.807, 2.05) is 18.2 Å². The number of benzene rings is 4. The number of aromatic nitrogens is 4. The molecule has 4 heterocycles. The van der Waals surface area contributed by atoms with E-state index >= 15 is 0 Å². The van der Waals surface area contributed by atoms with Crippen molar-refractivity contribution in [2.24, 2.45) is 0 Å². The molecule has 300 valence electrons. The SMILES string of the molecule is Fc1cccc(F)c1NC(=S)c1nc2c(s1)-c1cc(-c3cnco3)ccc1CCC2.O=C(Nc1c(F)cccc1F)c1nc2c(s1)-c1cc(-c3cnco3)ccc1CCC2. The van der Waals surface area contributed by atoms with Crippen LogP contribution in [0.1, 0.15) is 50.2 Å². The molecule has 8 aromatic rings. The summed E-state index contributed by atoms with van der Waals surface area (Å²) in [4.78, 5) is 31.9. The highest BCUT2D eigenvalue weighted by Gasteiger charge is 2.25. The molecule has 16 heteroatoms. The monoisotopic (exact) mass is 862 g/mol. The molecular formula is C44H30F4N6O3S3. The Labute approximate surface area is 353 Å². The fraction of sp³-hybridized carbons (Fsp3) is 0.136. The summed E-state index contributed by atoms with van der Waals surface area (Å²) >= 11 is 8.07. The number of carbonyl (C=O) groups is 1. The van der Waals surface area contributed by atoms with Crippen LogP contribution >= 0.6 is 34.9 Å². The normalized spacial score (nSPS) is 12.7. The van der Waals surface area contributed by atoms with Gasteiger partial charge in [0, 0.05) is 11.1 Å². The van der Waals surface area contributed by atoms with Crippen molar-refractivity contribution in [3.05, 3.63) is 154 Å². The highest BCUT2D eigenvalue weighted by Crippen LogP contribution is 2.41. The molecule has 0 fully saturated rings. The van der Waals surface area contributed by atoms with Gasteiger partial charge in [-0.1, -0.05) is 48.6 Å². The van der Waals surface area contributed by atoms with Gasteiger partial charge in [0.25, 0.3) is 5.91 Å². The van der Waals surface area contributed by atoms with E-state index in [-0.39, 0.29) is 15.7 Å². The number of hydrogen-bond donors (Lipinski definition) is 2. The molecule has 2 aliphatic rings. The molecule has 0 bridgehead atoms. The predicted molar refractivity (Wildman–Crippen MR) is 226 cm³/mol. The Kier molecular flexibility index (Phi) is 10.9. The average molecular weight is 863 g/mol. The molecule has 0 radical (unpaired) electrons. The van der Waals surface area contributed by atoms with Gasteiger partial charge in [0.15, 0.2) is 34.3 Å². The number of halogens is 4. The summed E-state index contributed by atoms with van der Waals surface area (Å²) in [5.74, 6) is -2.34. The Balaban J connectivity index is 0.000000154. The van der Waals surface area contributed by atoms with Crippen molar-refractivity contribution < 1.29 is 31.2 Å². The quantitative estimate of drug-likeness (QED) is 0.124. The lowest BCUT2D eigenvalue weighted by atomic mass is 10.0. The molecule has 0 atom stereocenters. The molecule has 4 aromatic carbocycles. The first-order chi connectivity index (χ1) is 29.2. The van der Waals surface area contributed by atoms with E-state index in [1.54, 1.807) is 12.4 Å². The van der Waals surface area contributed by atoms with Crippen molar-refractivity contribution in [1.82, 2.24) is 19.9 Å². The number of oxazole rings is 2. The lowest BCUT2D eigenvalue weighted by molar-refractivity contribution is 0.102. The minimum absolute atomic E-state index is 0.167. The second-order valence-electron chi connectivity index (χ2n) is 13.9. The van der Waals surface area contributed by atoms with Crippen LogP contribution in [0, 0.1) is 23.3 Å². The van der Waals surface area contributed by atoms with Crippen LogP contribution in [-0.4, -0.2) is 30.8 Å². The average Bonchev–Trinajstić information content (AvgIpc) is 4.08. The molecule has 0 spiro atoms. The number of nitrogens with zero attached hydrogens (tertiary/aromatic N) is 4. The lowest BCUT2D eigenvalue weighted by Crippen LogP contribution is -2.14. The first kappa shape index (κ1) is 39.1. The van der Waals surface area contributed by atoms with Crippen molar-refractivity contribution >= 4 is 57.2 Å². The Bertz CT molecular complexity index is 2660. The minimum Gasteiger partial charge on any atom is -0.444 e. The van der Waals surface area contributed by atoms with E-state index in [1.165, 1.54) is 65.3 Å². The molecule has 4 aromatic heterocycles.